The van der Waals surface area contributed by atoms with E-state index in [1.54, 1.807) is 18.6 Å². The van der Waals surface area contributed by atoms with Crippen LogP contribution in [0.4, 0.5) is 5.95 Å². The number of pyridine rings is 1. The minimum Gasteiger partial charge on any atom is -0.294 e. The van der Waals surface area contributed by atoms with E-state index < -0.39 is 0 Å². The van der Waals surface area contributed by atoms with Gasteiger partial charge in [-0.25, -0.2) is 15.0 Å². The van der Waals surface area contributed by atoms with Crippen molar-refractivity contribution in [3.63, 3.8) is 0 Å². The third-order valence-corrected chi connectivity index (χ3v) is 3.21. The molecule has 1 amide bonds. The first-order valence-corrected chi connectivity index (χ1v) is 6.83. The van der Waals surface area contributed by atoms with Crippen molar-refractivity contribution in [1.29, 1.82) is 0 Å². The number of nitrogens with one attached hydrogen (secondary N) is 1. The molecule has 2 aromatic rings. The Bertz CT molecular complexity index is 520. The fraction of sp³-hybridized carbons (Fsp3) is 0.0909. The second-order valence-corrected chi connectivity index (χ2v) is 5.14. The molecule has 0 unspecified atom stereocenters. The molecule has 2 heterocycles. The summed E-state index contributed by atoms with van der Waals surface area (Å²) < 4.78 is 0.767. The summed E-state index contributed by atoms with van der Waals surface area (Å²) in [7, 11) is 0. The summed E-state index contributed by atoms with van der Waals surface area (Å²) in [5.74, 6) is 0.411. The van der Waals surface area contributed by atoms with Crippen LogP contribution >= 0.6 is 27.7 Å². The molecule has 0 radical (unpaired) electrons. The summed E-state index contributed by atoms with van der Waals surface area (Å²) in [6, 6.07) is 5.57. The van der Waals surface area contributed by atoms with Gasteiger partial charge in [0.25, 0.3) is 0 Å². The number of nitrogens with zero attached hydrogens (tertiary/aromatic N) is 3. The van der Waals surface area contributed by atoms with E-state index in [1.807, 2.05) is 18.2 Å². The molecule has 2 aromatic heterocycles. The molecule has 2 rings (SSSR count). The molecule has 0 saturated carbocycles. The van der Waals surface area contributed by atoms with Gasteiger partial charge in [-0.05, 0) is 28.1 Å². The van der Waals surface area contributed by atoms with Crippen LogP contribution < -0.4 is 5.32 Å². The van der Waals surface area contributed by atoms with Gasteiger partial charge in [-0.2, -0.15) is 0 Å². The summed E-state index contributed by atoms with van der Waals surface area (Å²) in [6.07, 6.45) is 4.85. The summed E-state index contributed by atoms with van der Waals surface area (Å²) in [5, 5.41) is 3.42. The number of carbonyl (C=O) groups excluding carboxylic acids is 1. The zero-order valence-corrected chi connectivity index (χ0v) is 11.6. The van der Waals surface area contributed by atoms with Crippen molar-refractivity contribution in [2.75, 3.05) is 11.1 Å². The SMILES string of the molecule is O=C(CSc1ccccn1)Nc1ncc(Br)cn1. The van der Waals surface area contributed by atoms with E-state index in [0.29, 0.717) is 5.95 Å². The van der Waals surface area contributed by atoms with Crippen molar-refractivity contribution in [3.05, 3.63) is 41.3 Å². The highest BCUT2D eigenvalue weighted by molar-refractivity contribution is 9.10. The predicted octanol–water partition coefficient (Wildman–Crippen LogP) is 2.36. The monoisotopic (exact) mass is 324 g/mol. The first-order valence-electron chi connectivity index (χ1n) is 5.05. The quantitative estimate of drug-likeness (QED) is 0.874. The molecule has 0 aliphatic carbocycles. The third kappa shape index (κ3) is 4.08. The molecular weight excluding hydrogens is 316 g/mol. The fourth-order valence-corrected chi connectivity index (χ4v) is 1.98. The maximum absolute atomic E-state index is 11.6. The molecule has 7 heteroatoms. The van der Waals surface area contributed by atoms with Gasteiger partial charge in [-0.1, -0.05) is 17.8 Å². The van der Waals surface area contributed by atoms with Crippen LogP contribution in [0.1, 0.15) is 0 Å². The number of halogens is 1. The molecular formula is C11H9BrN4OS. The predicted molar refractivity (Wildman–Crippen MR) is 73.3 cm³/mol. The second-order valence-electron chi connectivity index (χ2n) is 3.23. The van der Waals surface area contributed by atoms with E-state index in [0.717, 1.165) is 9.50 Å². The zero-order valence-electron chi connectivity index (χ0n) is 9.21. The lowest BCUT2D eigenvalue weighted by Crippen LogP contribution is -2.16. The molecule has 92 valence electrons. The van der Waals surface area contributed by atoms with Crippen LogP contribution in [0.15, 0.2) is 46.3 Å². The lowest BCUT2D eigenvalue weighted by atomic mass is 10.5. The maximum Gasteiger partial charge on any atom is 0.237 e. The number of hydrogen-bond acceptors (Lipinski definition) is 5. The van der Waals surface area contributed by atoms with Gasteiger partial charge in [0.1, 0.15) is 0 Å². The van der Waals surface area contributed by atoms with Crippen LogP contribution in [-0.2, 0) is 4.79 Å². The van der Waals surface area contributed by atoms with Gasteiger partial charge in [-0.15, -0.1) is 0 Å². The standard InChI is InChI=1S/C11H9BrN4OS/c12-8-5-14-11(15-6-8)16-9(17)7-18-10-3-1-2-4-13-10/h1-6H,7H2,(H,14,15,16,17). The van der Waals surface area contributed by atoms with Crippen LogP contribution in [0, 0.1) is 0 Å². The van der Waals surface area contributed by atoms with E-state index in [-0.39, 0.29) is 11.7 Å². The fourth-order valence-electron chi connectivity index (χ4n) is 1.11. The number of hydrogen-bond donors (Lipinski definition) is 1. The van der Waals surface area contributed by atoms with Gasteiger partial charge in [0.2, 0.25) is 11.9 Å². The van der Waals surface area contributed by atoms with Crippen molar-refractivity contribution in [2.24, 2.45) is 0 Å². The number of thioether (sulfide) groups is 1. The van der Waals surface area contributed by atoms with E-state index >= 15 is 0 Å². The van der Waals surface area contributed by atoms with Crippen LogP contribution in [0.25, 0.3) is 0 Å². The zero-order chi connectivity index (χ0) is 12.8. The highest BCUT2D eigenvalue weighted by atomic mass is 79.9. The Hall–Kier alpha value is -1.47. The summed E-state index contributed by atoms with van der Waals surface area (Å²) in [6.45, 7) is 0. The van der Waals surface area contributed by atoms with Crippen molar-refractivity contribution in [2.45, 2.75) is 5.03 Å². The molecule has 0 atom stereocenters. The Morgan fingerprint density at radius 3 is 2.72 bits per heavy atom. The number of carbonyl (C=O) groups is 1. The van der Waals surface area contributed by atoms with Gasteiger partial charge in [0.15, 0.2) is 0 Å². The molecule has 0 aliphatic heterocycles. The van der Waals surface area contributed by atoms with Gasteiger partial charge >= 0.3 is 0 Å². The topological polar surface area (TPSA) is 67.8 Å². The number of amides is 1. The lowest BCUT2D eigenvalue weighted by Gasteiger charge is -2.02. The summed E-state index contributed by atoms with van der Waals surface area (Å²) in [4.78, 5) is 23.7. The molecule has 0 saturated heterocycles. The Labute approximate surface area is 117 Å². The normalized spacial score (nSPS) is 10.1. The lowest BCUT2D eigenvalue weighted by molar-refractivity contribution is -0.113. The van der Waals surface area contributed by atoms with Gasteiger partial charge < -0.3 is 0 Å². The minimum absolute atomic E-state index is 0.159. The number of anilines is 1. The van der Waals surface area contributed by atoms with Crippen molar-refractivity contribution < 1.29 is 4.79 Å². The molecule has 0 spiro atoms. The second kappa shape index (κ2) is 6.46. The molecule has 0 bridgehead atoms. The van der Waals surface area contributed by atoms with E-state index in [2.05, 4.69) is 36.2 Å². The van der Waals surface area contributed by atoms with E-state index in [9.17, 15) is 4.79 Å². The summed E-state index contributed by atoms with van der Waals surface area (Å²) >= 11 is 4.59. The van der Waals surface area contributed by atoms with Crippen molar-refractivity contribution >= 4 is 39.5 Å². The Morgan fingerprint density at radius 1 is 1.28 bits per heavy atom. The number of rotatable bonds is 4. The average Bonchev–Trinajstić information content (AvgIpc) is 2.40. The molecule has 18 heavy (non-hydrogen) atoms. The maximum atomic E-state index is 11.6. The van der Waals surface area contributed by atoms with Crippen LogP contribution in [0.2, 0.25) is 0 Å². The van der Waals surface area contributed by atoms with Crippen molar-refractivity contribution in [3.8, 4) is 0 Å². The van der Waals surface area contributed by atoms with Crippen LogP contribution in [0.5, 0.6) is 0 Å². The third-order valence-electron chi connectivity index (χ3n) is 1.86. The largest absolute Gasteiger partial charge is 0.294 e. The van der Waals surface area contributed by atoms with Crippen LogP contribution in [-0.4, -0.2) is 26.6 Å². The van der Waals surface area contributed by atoms with Gasteiger partial charge in [0, 0.05) is 18.6 Å². The first kappa shape index (κ1) is 13.0. The van der Waals surface area contributed by atoms with E-state index in [4.69, 9.17) is 0 Å². The first-order chi connectivity index (χ1) is 8.74. The minimum atomic E-state index is -0.159. The van der Waals surface area contributed by atoms with Gasteiger partial charge in [-0.3, -0.25) is 10.1 Å². The van der Waals surface area contributed by atoms with E-state index in [1.165, 1.54) is 11.8 Å². The molecule has 1 N–H and O–H groups in total. The Morgan fingerprint density at radius 2 is 2.06 bits per heavy atom. The highest BCUT2D eigenvalue weighted by Gasteiger charge is 2.05. The van der Waals surface area contributed by atoms with Gasteiger partial charge in [0.05, 0.1) is 15.3 Å². The van der Waals surface area contributed by atoms with Crippen molar-refractivity contribution in [1.82, 2.24) is 15.0 Å². The summed E-state index contributed by atoms with van der Waals surface area (Å²) in [5.41, 5.74) is 0. The molecule has 5 nitrogen and oxygen atoms in total. The Kier molecular flexibility index (Phi) is 4.66. The number of aromatic nitrogens is 3. The smallest absolute Gasteiger partial charge is 0.237 e. The Balaban J connectivity index is 1.84. The van der Waals surface area contributed by atoms with Crippen LogP contribution in [0.3, 0.4) is 0 Å². The average molecular weight is 325 g/mol. The molecule has 0 fully saturated rings. The molecule has 0 aliphatic rings. The highest BCUT2D eigenvalue weighted by Crippen LogP contribution is 2.14. The molecule has 0 aromatic carbocycles.